The maximum Gasteiger partial charge on any atom is 0.148 e. The van der Waals surface area contributed by atoms with Gasteiger partial charge in [-0.25, -0.2) is 15.8 Å². The largest absolute Gasteiger partial charge is 0.366 e. The van der Waals surface area contributed by atoms with Crippen molar-refractivity contribution in [3.05, 3.63) is 45.7 Å². The van der Waals surface area contributed by atoms with E-state index in [-0.39, 0.29) is 0 Å². The van der Waals surface area contributed by atoms with E-state index in [2.05, 4.69) is 42.7 Å². The van der Waals surface area contributed by atoms with Crippen LogP contribution in [0.5, 0.6) is 0 Å². The van der Waals surface area contributed by atoms with Gasteiger partial charge in [0.25, 0.3) is 0 Å². The zero-order chi connectivity index (χ0) is 14.8. The van der Waals surface area contributed by atoms with Gasteiger partial charge in [0.05, 0.1) is 0 Å². The lowest BCUT2D eigenvalue weighted by atomic mass is 10.2. The van der Waals surface area contributed by atoms with Crippen molar-refractivity contribution < 1.29 is 0 Å². The molecule has 0 atom stereocenters. The number of benzene rings is 1. The van der Waals surface area contributed by atoms with Crippen LogP contribution in [0, 0.1) is 6.92 Å². The molecule has 0 spiro atoms. The van der Waals surface area contributed by atoms with Crippen LogP contribution in [0.1, 0.15) is 35.7 Å². The van der Waals surface area contributed by atoms with Crippen molar-refractivity contribution in [1.82, 2.24) is 9.97 Å². The third kappa shape index (κ3) is 3.16. The van der Waals surface area contributed by atoms with Crippen LogP contribution in [0.15, 0.2) is 28.7 Å². The Morgan fingerprint density at radius 2 is 1.95 bits per heavy atom. The summed E-state index contributed by atoms with van der Waals surface area (Å²) in [5, 5.41) is 3.39. The molecule has 1 aromatic carbocycles. The summed E-state index contributed by atoms with van der Waals surface area (Å²) in [5.74, 6) is 8.47. The van der Waals surface area contributed by atoms with Gasteiger partial charge in [-0.05, 0) is 31.4 Å². The summed E-state index contributed by atoms with van der Waals surface area (Å²) in [6.07, 6.45) is 2.33. The van der Waals surface area contributed by atoms with Crippen LogP contribution >= 0.6 is 15.9 Å². The van der Waals surface area contributed by atoms with E-state index in [0.29, 0.717) is 18.3 Å². The lowest BCUT2D eigenvalue weighted by Crippen LogP contribution is -2.14. The second kappa shape index (κ2) is 5.99. The number of anilines is 2. The average Bonchev–Trinajstić information content (AvgIpc) is 3.32. The van der Waals surface area contributed by atoms with Gasteiger partial charge in [-0.3, -0.25) is 0 Å². The van der Waals surface area contributed by atoms with Crippen LogP contribution in [-0.4, -0.2) is 9.97 Å². The Kier molecular flexibility index (Phi) is 4.07. The monoisotopic (exact) mass is 347 g/mol. The number of rotatable bonds is 5. The molecule has 0 bridgehead atoms. The molecule has 0 unspecified atom stereocenters. The third-order valence-corrected chi connectivity index (χ3v) is 4.42. The molecule has 110 valence electrons. The normalized spacial score (nSPS) is 14.0. The number of hydrogen-bond acceptors (Lipinski definition) is 5. The quantitative estimate of drug-likeness (QED) is 0.571. The van der Waals surface area contributed by atoms with E-state index in [1.54, 1.807) is 0 Å². The Morgan fingerprint density at radius 1 is 1.24 bits per heavy atom. The summed E-state index contributed by atoms with van der Waals surface area (Å²) >= 11 is 3.56. The summed E-state index contributed by atoms with van der Waals surface area (Å²) in [4.78, 5) is 9.14. The molecule has 21 heavy (non-hydrogen) atoms. The fraction of sp³-hybridized carbons (Fsp3) is 0.333. The molecule has 0 radical (unpaired) electrons. The van der Waals surface area contributed by atoms with E-state index in [9.17, 15) is 0 Å². The summed E-state index contributed by atoms with van der Waals surface area (Å²) in [7, 11) is 0. The number of halogens is 1. The van der Waals surface area contributed by atoms with Gasteiger partial charge >= 0.3 is 0 Å². The number of aromatic nitrogens is 2. The van der Waals surface area contributed by atoms with E-state index >= 15 is 0 Å². The molecule has 5 nitrogen and oxygen atoms in total. The molecule has 1 saturated carbocycles. The zero-order valence-corrected chi connectivity index (χ0v) is 13.4. The van der Waals surface area contributed by atoms with Crippen molar-refractivity contribution in [2.45, 2.75) is 32.2 Å². The summed E-state index contributed by atoms with van der Waals surface area (Å²) in [6.45, 7) is 2.67. The first-order valence-corrected chi connectivity index (χ1v) is 7.80. The highest BCUT2D eigenvalue weighted by atomic mass is 79.9. The van der Waals surface area contributed by atoms with Crippen molar-refractivity contribution in [2.24, 2.45) is 5.84 Å². The number of nitrogen functional groups attached to an aromatic ring is 1. The number of hydrogen-bond donors (Lipinski definition) is 3. The van der Waals surface area contributed by atoms with E-state index in [1.165, 1.54) is 5.56 Å². The number of hydrazine groups is 1. The highest BCUT2D eigenvalue weighted by Crippen LogP contribution is 2.39. The molecule has 1 aliphatic rings. The standard InChI is InChI=1S/C15H18BrN5/c1-9-13(18-8-11-4-2-3-5-12(11)16)19-15(10-6-7-10)20-14(9)21-17/h2-5,10H,6-8,17H2,1H3,(H2,18,19,20,21). The molecular weight excluding hydrogens is 330 g/mol. The second-order valence-electron chi connectivity index (χ2n) is 5.27. The minimum Gasteiger partial charge on any atom is -0.366 e. The average molecular weight is 348 g/mol. The number of nitrogens with zero attached hydrogens (tertiary/aromatic N) is 2. The lowest BCUT2D eigenvalue weighted by molar-refractivity contribution is 0.910. The Bertz CT molecular complexity index is 655. The predicted octanol–water partition coefficient (Wildman–Crippen LogP) is 3.32. The van der Waals surface area contributed by atoms with Gasteiger partial charge in [0, 0.05) is 22.5 Å². The van der Waals surface area contributed by atoms with Crippen molar-refractivity contribution in [1.29, 1.82) is 0 Å². The van der Waals surface area contributed by atoms with Crippen molar-refractivity contribution in [3.8, 4) is 0 Å². The third-order valence-electron chi connectivity index (χ3n) is 3.65. The fourth-order valence-corrected chi connectivity index (χ4v) is 2.62. The van der Waals surface area contributed by atoms with Crippen molar-refractivity contribution in [3.63, 3.8) is 0 Å². The fourth-order valence-electron chi connectivity index (χ4n) is 2.19. The highest BCUT2D eigenvalue weighted by molar-refractivity contribution is 9.10. The van der Waals surface area contributed by atoms with E-state index in [1.807, 2.05) is 25.1 Å². The Balaban J connectivity index is 1.84. The van der Waals surface area contributed by atoms with Crippen LogP contribution in [0.3, 0.4) is 0 Å². The highest BCUT2D eigenvalue weighted by Gasteiger charge is 2.28. The Morgan fingerprint density at radius 3 is 2.62 bits per heavy atom. The van der Waals surface area contributed by atoms with Crippen LogP contribution in [0.25, 0.3) is 0 Å². The molecule has 1 aromatic heterocycles. The summed E-state index contributed by atoms with van der Waals surface area (Å²) in [6, 6.07) is 8.14. The van der Waals surface area contributed by atoms with Gasteiger partial charge in [0.1, 0.15) is 17.5 Å². The van der Waals surface area contributed by atoms with Crippen LogP contribution in [0.2, 0.25) is 0 Å². The van der Waals surface area contributed by atoms with Gasteiger partial charge in [0.15, 0.2) is 0 Å². The summed E-state index contributed by atoms with van der Waals surface area (Å²) < 4.78 is 1.09. The molecule has 1 aliphatic carbocycles. The van der Waals surface area contributed by atoms with Gasteiger partial charge in [0.2, 0.25) is 0 Å². The molecule has 1 fully saturated rings. The molecule has 4 N–H and O–H groups in total. The maximum atomic E-state index is 5.56. The topological polar surface area (TPSA) is 75.9 Å². The van der Waals surface area contributed by atoms with Gasteiger partial charge < -0.3 is 10.7 Å². The zero-order valence-electron chi connectivity index (χ0n) is 11.9. The Labute approximate surface area is 132 Å². The molecule has 6 heteroatoms. The first-order valence-electron chi connectivity index (χ1n) is 7.01. The first-order chi connectivity index (χ1) is 10.2. The van der Waals surface area contributed by atoms with Crippen LogP contribution in [-0.2, 0) is 6.54 Å². The SMILES string of the molecule is Cc1c(NN)nc(C2CC2)nc1NCc1ccccc1Br. The lowest BCUT2D eigenvalue weighted by Gasteiger charge is -2.14. The summed E-state index contributed by atoms with van der Waals surface area (Å²) in [5.41, 5.74) is 4.79. The second-order valence-corrected chi connectivity index (χ2v) is 6.12. The van der Waals surface area contributed by atoms with E-state index in [4.69, 9.17) is 5.84 Å². The van der Waals surface area contributed by atoms with Gasteiger partial charge in [-0.2, -0.15) is 0 Å². The maximum absolute atomic E-state index is 5.56. The Hall–Kier alpha value is -1.66. The van der Waals surface area contributed by atoms with Crippen molar-refractivity contribution in [2.75, 3.05) is 10.7 Å². The molecule has 2 aromatic rings. The number of nitrogens with one attached hydrogen (secondary N) is 2. The smallest absolute Gasteiger partial charge is 0.148 e. The van der Waals surface area contributed by atoms with Crippen molar-refractivity contribution >= 4 is 27.6 Å². The molecule has 0 amide bonds. The molecule has 0 aliphatic heterocycles. The molecule has 1 heterocycles. The van der Waals surface area contributed by atoms with Gasteiger partial charge in [-0.15, -0.1) is 0 Å². The minimum absolute atomic E-state index is 0.488. The van der Waals surface area contributed by atoms with Gasteiger partial charge in [-0.1, -0.05) is 34.1 Å². The van der Waals surface area contributed by atoms with Crippen LogP contribution in [0.4, 0.5) is 11.6 Å². The molecule has 3 rings (SSSR count). The predicted molar refractivity (Wildman–Crippen MR) is 88.0 cm³/mol. The first kappa shape index (κ1) is 14.3. The number of nitrogens with two attached hydrogens (primary N) is 1. The minimum atomic E-state index is 0.488. The van der Waals surface area contributed by atoms with Crippen LogP contribution < -0.4 is 16.6 Å². The molecule has 0 saturated heterocycles. The van der Waals surface area contributed by atoms with E-state index < -0.39 is 0 Å². The van der Waals surface area contributed by atoms with E-state index in [0.717, 1.165) is 34.5 Å². The molecular formula is C15H18BrN5.